The standard InChI is InChI=1S/C19H21N7/c1-4-13-7-19(26-23-9-13)25-18-6-5-16-17(24-18)8-14(10-22-16)15(11-21-3)12(2)20/h5-11,20-21H,4H2,1-3H3,(H,24,25,26)/b15-11+,20-12?. The van der Waals surface area contributed by atoms with Gasteiger partial charge in [0.25, 0.3) is 0 Å². The SMILES string of the molecule is CCc1cnnc(Nc2ccc3ncc(/C(=C/NC)C(C)=N)cc3n2)c1. The number of fused-ring (bicyclic) bond motifs is 1. The summed E-state index contributed by atoms with van der Waals surface area (Å²) in [5.41, 5.74) is 4.73. The molecule has 0 radical (unpaired) electrons. The molecule has 132 valence electrons. The molecule has 0 aliphatic rings. The van der Waals surface area contributed by atoms with Crippen LogP contribution in [0.15, 0.2) is 42.9 Å². The minimum absolute atomic E-state index is 0.460. The number of nitrogens with one attached hydrogen (secondary N) is 3. The van der Waals surface area contributed by atoms with E-state index >= 15 is 0 Å². The number of allylic oxidation sites excluding steroid dienone is 1. The molecule has 3 heterocycles. The monoisotopic (exact) mass is 347 g/mol. The minimum Gasteiger partial charge on any atom is -0.393 e. The average Bonchev–Trinajstić information content (AvgIpc) is 2.65. The molecule has 0 unspecified atom stereocenters. The summed E-state index contributed by atoms with van der Waals surface area (Å²) in [5, 5.41) is 22.2. The van der Waals surface area contributed by atoms with E-state index in [1.807, 2.05) is 31.3 Å². The zero-order valence-corrected chi connectivity index (χ0v) is 15.0. The third-order valence-corrected chi connectivity index (χ3v) is 3.92. The van der Waals surface area contributed by atoms with Gasteiger partial charge in [-0.2, -0.15) is 5.10 Å². The molecular formula is C19H21N7. The Balaban J connectivity index is 1.96. The van der Waals surface area contributed by atoms with Crippen molar-refractivity contribution in [3.63, 3.8) is 0 Å². The van der Waals surface area contributed by atoms with Crippen molar-refractivity contribution >= 4 is 34.0 Å². The first-order chi connectivity index (χ1) is 12.6. The van der Waals surface area contributed by atoms with Crippen LogP contribution in [0.1, 0.15) is 25.0 Å². The van der Waals surface area contributed by atoms with Gasteiger partial charge >= 0.3 is 0 Å². The quantitative estimate of drug-likeness (QED) is 0.592. The highest BCUT2D eigenvalue weighted by Gasteiger charge is 2.08. The molecule has 3 rings (SSSR count). The highest BCUT2D eigenvalue weighted by atomic mass is 15.2. The van der Waals surface area contributed by atoms with Crippen LogP contribution in [-0.4, -0.2) is 32.9 Å². The predicted octanol–water partition coefficient (Wildman–Crippen LogP) is 3.33. The summed E-state index contributed by atoms with van der Waals surface area (Å²) in [6.07, 6.45) is 6.20. The smallest absolute Gasteiger partial charge is 0.154 e. The number of hydrogen-bond acceptors (Lipinski definition) is 7. The molecule has 7 nitrogen and oxygen atoms in total. The summed E-state index contributed by atoms with van der Waals surface area (Å²) in [7, 11) is 1.81. The second-order valence-corrected chi connectivity index (χ2v) is 5.86. The van der Waals surface area contributed by atoms with Crippen LogP contribution in [0.4, 0.5) is 11.6 Å². The Hall–Kier alpha value is -3.35. The largest absolute Gasteiger partial charge is 0.393 e. The van der Waals surface area contributed by atoms with Gasteiger partial charge < -0.3 is 16.0 Å². The van der Waals surface area contributed by atoms with Crippen molar-refractivity contribution in [3.05, 3.63) is 54.0 Å². The molecule has 0 aliphatic heterocycles. The summed E-state index contributed by atoms with van der Waals surface area (Å²) >= 11 is 0. The first kappa shape index (κ1) is 17.5. The van der Waals surface area contributed by atoms with E-state index in [1.54, 1.807) is 25.5 Å². The van der Waals surface area contributed by atoms with E-state index in [2.05, 4.69) is 37.7 Å². The van der Waals surface area contributed by atoms with Crippen molar-refractivity contribution in [2.75, 3.05) is 12.4 Å². The fraction of sp³-hybridized carbons (Fsp3) is 0.211. The maximum atomic E-state index is 7.95. The lowest BCUT2D eigenvalue weighted by Gasteiger charge is -2.09. The molecule has 0 aliphatic carbocycles. The molecule has 0 saturated carbocycles. The highest BCUT2D eigenvalue weighted by molar-refractivity contribution is 6.21. The van der Waals surface area contributed by atoms with Crippen molar-refractivity contribution < 1.29 is 0 Å². The number of hydrogen-bond donors (Lipinski definition) is 3. The van der Waals surface area contributed by atoms with Crippen LogP contribution in [0.2, 0.25) is 0 Å². The summed E-state index contributed by atoms with van der Waals surface area (Å²) in [6, 6.07) is 7.66. The normalized spacial score (nSPS) is 11.4. The molecule has 3 aromatic heterocycles. The maximum absolute atomic E-state index is 7.95. The molecule has 3 aromatic rings. The van der Waals surface area contributed by atoms with Gasteiger partial charge in [-0.15, -0.1) is 5.10 Å². The Morgan fingerprint density at radius 3 is 2.73 bits per heavy atom. The van der Waals surface area contributed by atoms with Gasteiger partial charge in [-0.25, -0.2) is 4.98 Å². The zero-order valence-electron chi connectivity index (χ0n) is 15.0. The van der Waals surface area contributed by atoms with Crippen LogP contribution in [0.25, 0.3) is 16.6 Å². The first-order valence-corrected chi connectivity index (χ1v) is 8.39. The summed E-state index contributed by atoms with van der Waals surface area (Å²) in [5.74, 6) is 1.33. The summed E-state index contributed by atoms with van der Waals surface area (Å²) < 4.78 is 0. The van der Waals surface area contributed by atoms with Gasteiger partial charge in [0.2, 0.25) is 0 Å². The van der Waals surface area contributed by atoms with E-state index in [1.165, 1.54) is 0 Å². The summed E-state index contributed by atoms with van der Waals surface area (Å²) in [6.45, 7) is 3.82. The Kier molecular flexibility index (Phi) is 5.17. The van der Waals surface area contributed by atoms with E-state index < -0.39 is 0 Å². The van der Waals surface area contributed by atoms with Gasteiger partial charge in [0, 0.05) is 36.3 Å². The van der Waals surface area contributed by atoms with E-state index in [-0.39, 0.29) is 0 Å². The molecule has 0 aromatic carbocycles. The molecule has 0 saturated heterocycles. The maximum Gasteiger partial charge on any atom is 0.154 e. The number of aryl methyl sites for hydroxylation is 1. The Bertz CT molecular complexity index is 979. The van der Waals surface area contributed by atoms with Crippen LogP contribution in [-0.2, 0) is 6.42 Å². The third kappa shape index (κ3) is 3.83. The van der Waals surface area contributed by atoms with E-state index in [0.717, 1.165) is 34.2 Å². The van der Waals surface area contributed by atoms with E-state index in [9.17, 15) is 0 Å². The Morgan fingerprint density at radius 2 is 2.00 bits per heavy atom. The molecule has 0 spiro atoms. The van der Waals surface area contributed by atoms with Crippen molar-refractivity contribution in [1.82, 2.24) is 25.5 Å². The fourth-order valence-corrected chi connectivity index (χ4v) is 2.57. The molecule has 0 fully saturated rings. The van der Waals surface area contributed by atoms with Gasteiger partial charge in [-0.3, -0.25) is 4.98 Å². The van der Waals surface area contributed by atoms with Crippen LogP contribution < -0.4 is 10.6 Å². The molecule has 7 heteroatoms. The topological polar surface area (TPSA) is 99.5 Å². The fourth-order valence-electron chi connectivity index (χ4n) is 2.57. The van der Waals surface area contributed by atoms with Gasteiger partial charge in [-0.05, 0) is 43.2 Å². The second kappa shape index (κ2) is 7.69. The van der Waals surface area contributed by atoms with Crippen molar-refractivity contribution in [1.29, 1.82) is 5.41 Å². The Morgan fingerprint density at radius 1 is 1.15 bits per heavy atom. The minimum atomic E-state index is 0.460. The third-order valence-electron chi connectivity index (χ3n) is 3.92. The van der Waals surface area contributed by atoms with Crippen molar-refractivity contribution in [3.8, 4) is 0 Å². The van der Waals surface area contributed by atoms with Crippen molar-refractivity contribution in [2.24, 2.45) is 0 Å². The van der Waals surface area contributed by atoms with Crippen LogP contribution in [0.3, 0.4) is 0 Å². The van der Waals surface area contributed by atoms with E-state index in [4.69, 9.17) is 5.41 Å². The lowest BCUT2D eigenvalue weighted by molar-refractivity contribution is 0.987. The van der Waals surface area contributed by atoms with Gasteiger partial charge in [0.05, 0.1) is 17.2 Å². The zero-order chi connectivity index (χ0) is 18.5. The lowest BCUT2D eigenvalue weighted by Crippen LogP contribution is -2.03. The number of pyridine rings is 2. The highest BCUT2D eigenvalue weighted by Crippen LogP contribution is 2.21. The summed E-state index contributed by atoms with van der Waals surface area (Å²) in [4.78, 5) is 9.09. The molecule has 0 amide bonds. The van der Waals surface area contributed by atoms with Gasteiger partial charge in [0.15, 0.2) is 5.82 Å². The van der Waals surface area contributed by atoms with Crippen LogP contribution >= 0.6 is 0 Å². The van der Waals surface area contributed by atoms with E-state index in [0.29, 0.717) is 17.3 Å². The average molecular weight is 347 g/mol. The Labute approximate surface area is 152 Å². The first-order valence-electron chi connectivity index (χ1n) is 8.39. The lowest BCUT2D eigenvalue weighted by atomic mass is 10.0. The number of aromatic nitrogens is 4. The molecule has 3 N–H and O–H groups in total. The predicted molar refractivity (Wildman–Crippen MR) is 105 cm³/mol. The molecule has 0 bridgehead atoms. The van der Waals surface area contributed by atoms with Crippen LogP contribution in [0, 0.1) is 5.41 Å². The number of nitrogens with zero attached hydrogens (tertiary/aromatic N) is 4. The number of rotatable bonds is 6. The van der Waals surface area contributed by atoms with Gasteiger partial charge in [0.1, 0.15) is 5.82 Å². The molecular weight excluding hydrogens is 326 g/mol. The number of anilines is 2. The van der Waals surface area contributed by atoms with Crippen molar-refractivity contribution in [2.45, 2.75) is 20.3 Å². The molecule has 0 atom stereocenters. The van der Waals surface area contributed by atoms with Gasteiger partial charge in [-0.1, -0.05) is 6.92 Å². The van der Waals surface area contributed by atoms with Crippen LogP contribution in [0.5, 0.6) is 0 Å². The molecule has 26 heavy (non-hydrogen) atoms. The second-order valence-electron chi connectivity index (χ2n) is 5.86.